The van der Waals surface area contributed by atoms with Gasteiger partial charge in [0.25, 0.3) is 0 Å². The van der Waals surface area contributed by atoms with Crippen LogP contribution in [0.1, 0.15) is 6.92 Å². The van der Waals surface area contributed by atoms with Crippen molar-refractivity contribution < 1.29 is 60.3 Å². The fourth-order valence-corrected chi connectivity index (χ4v) is 1.18. The van der Waals surface area contributed by atoms with E-state index < -0.39 is 54.8 Å². The third kappa shape index (κ3) is 8.37. The standard InChI is InChI=1S/C6H10O7.C6H12O5/c7-1-2(8)3(9)4(10)5(11)6(12)13;1-3(8)5(10)6(11)4(9)2-7/h1-5,8-11H,(H,12,13);2-6,8-11H,1H3/t2-,3+,4-,5+;3-,4+,5+,6-/m10/s1. The summed E-state index contributed by atoms with van der Waals surface area (Å²) in [5.74, 6) is -1.76. The minimum absolute atomic E-state index is 0.0809. The third-order valence-corrected chi connectivity index (χ3v) is 2.75. The second-order valence-corrected chi connectivity index (χ2v) is 4.74. The molecule has 0 aromatic heterocycles. The molecule has 24 heavy (non-hydrogen) atoms. The van der Waals surface area contributed by atoms with Crippen molar-refractivity contribution in [2.75, 3.05) is 0 Å². The molecule has 0 saturated heterocycles. The average Bonchev–Trinajstić information content (AvgIpc) is 2.56. The van der Waals surface area contributed by atoms with Crippen LogP contribution < -0.4 is 0 Å². The van der Waals surface area contributed by atoms with Gasteiger partial charge in [-0.15, -0.1) is 0 Å². The van der Waals surface area contributed by atoms with Gasteiger partial charge in [-0.25, -0.2) is 4.79 Å². The van der Waals surface area contributed by atoms with Crippen LogP contribution in [0, 0.1) is 0 Å². The summed E-state index contributed by atoms with van der Waals surface area (Å²) in [5.41, 5.74) is 0. The number of aliphatic hydroxyl groups excluding tert-OH is 8. The normalized spacial score (nSPS) is 20.9. The molecule has 0 aliphatic rings. The Kier molecular flexibility index (Phi) is 12.3. The molecule has 0 aliphatic heterocycles. The van der Waals surface area contributed by atoms with Crippen molar-refractivity contribution in [1.29, 1.82) is 0 Å². The number of carbonyl (C=O) groups excluding carboxylic acids is 2. The fraction of sp³-hybridized carbons (Fsp3) is 0.750. The van der Waals surface area contributed by atoms with Crippen LogP contribution in [0.4, 0.5) is 0 Å². The van der Waals surface area contributed by atoms with Crippen LogP contribution in [-0.4, -0.2) is 113 Å². The quantitative estimate of drug-likeness (QED) is 0.175. The van der Waals surface area contributed by atoms with E-state index in [1.54, 1.807) is 0 Å². The van der Waals surface area contributed by atoms with Crippen LogP contribution in [-0.2, 0) is 14.4 Å². The van der Waals surface area contributed by atoms with Crippen LogP contribution in [0.5, 0.6) is 0 Å². The molecule has 8 atom stereocenters. The molecule has 0 heterocycles. The Morgan fingerprint density at radius 3 is 1.29 bits per heavy atom. The SMILES string of the molecule is C[C@H](O)[C@@H](O)[C@@H](O)[C@H](O)C=O.O=C[C@@H](O)[C@H](O)[C@@H](O)[C@H](O)C(=O)O. The summed E-state index contributed by atoms with van der Waals surface area (Å²) in [6, 6.07) is 0. The lowest BCUT2D eigenvalue weighted by Crippen LogP contribution is -2.48. The van der Waals surface area contributed by atoms with E-state index in [4.69, 9.17) is 46.0 Å². The first-order chi connectivity index (χ1) is 10.9. The highest BCUT2D eigenvalue weighted by Gasteiger charge is 2.34. The molecular weight excluding hydrogens is 336 g/mol. The lowest BCUT2D eigenvalue weighted by atomic mass is 10.0. The van der Waals surface area contributed by atoms with Gasteiger partial charge in [0, 0.05) is 0 Å². The fourth-order valence-electron chi connectivity index (χ4n) is 1.18. The van der Waals surface area contributed by atoms with Crippen molar-refractivity contribution in [2.45, 2.75) is 55.8 Å². The highest BCUT2D eigenvalue weighted by atomic mass is 16.4. The maximum atomic E-state index is 10.1. The van der Waals surface area contributed by atoms with E-state index in [9.17, 15) is 14.4 Å². The van der Waals surface area contributed by atoms with Gasteiger partial charge in [-0.2, -0.15) is 0 Å². The van der Waals surface area contributed by atoms with Gasteiger partial charge in [0.2, 0.25) is 0 Å². The number of aliphatic hydroxyl groups is 8. The van der Waals surface area contributed by atoms with E-state index >= 15 is 0 Å². The molecule has 0 spiro atoms. The third-order valence-electron chi connectivity index (χ3n) is 2.75. The first-order valence-electron chi connectivity index (χ1n) is 6.50. The molecule has 0 fully saturated rings. The van der Waals surface area contributed by atoms with E-state index in [0.29, 0.717) is 0 Å². The number of carboxylic acid groups (broad SMARTS) is 1. The molecule has 9 N–H and O–H groups in total. The summed E-state index contributed by atoms with van der Waals surface area (Å²) in [6.07, 6.45) is -14.3. The minimum atomic E-state index is -2.25. The zero-order chi connectivity index (χ0) is 19.6. The molecule has 0 bridgehead atoms. The highest BCUT2D eigenvalue weighted by Crippen LogP contribution is 2.04. The topological polar surface area (TPSA) is 233 Å². The van der Waals surface area contributed by atoms with Gasteiger partial charge in [-0.1, -0.05) is 0 Å². The van der Waals surface area contributed by atoms with Crippen LogP contribution >= 0.6 is 0 Å². The maximum absolute atomic E-state index is 10.1. The molecule has 0 radical (unpaired) electrons. The molecule has 0 amide bonds. The molecule has 0 aliphatic carbocycles. The summed E-state index contributed by atoms with van der Waals surface area (Å²) in [5, 5.41) is 78.3. The largest absolute Gasteiger partial charge is 0.479 e. The summed E-state index contributed by atoms with van der Waals surface area (Å²) in [6.45, 7) is 1.24. The number of carboxylic acids is 1. The number of aldehydes is 2. The second kappa shape index (κ2) is 11.9. The van der Waals surface area contributed by atoms with Gasteiger partial charge in [-0.05, 0) is 6.92 Å². The number of hydrogen-bond acceptors (Lipinski definition) is 11. The Hall–Kier alpha value is -1.51. The van der Waals surface area contributed by atoms with Crippen LogP contribution in [0.3, 0.4) is 0 Å². The Balaban J connectivity index is 0. The smallest absolute Gasteiger partial charge is 0.335 e. The zero-order valence-electron chi connectivity index (χ0n) is 12.5. The van der Waals surface area contributed by atoms with Crippen LogP contribution in [0.15, 0.2) is 0 Å². The Bertz CT molecular complexity index is 386. The zero-order valence-corrected chi connectivity index (χ0v) is 12.5. The molecule has 12 nitrogen and oxygen atoms in total. The Labute approximate surface area is 135 Å². The molecule has 0 rings (SSSR count). The molecular formula is C12H22O12. The van der Waals surface area contributed by atoms with E-state index in [2.05, 4.69) is 0 Å². The maximum Gasteiger partial charge on any atom is 0.335 e. The van der Waals surface area contributed by atoms with Crippen molar-refractivity contribution in [3.05, 3.63) is 0 Å². The molecule has 12 heteroatoms. The number of rotatable bonds is 9. The lowest BCUT2D eigenvalue weighted by molar-refractivity contribution is -0.163. The first kappa shape index (κ1) is 24.7. The van der Waals surface area contributed by atoms with E-state index in [1.165, 1.54) is 6.92 Å². The van der Waals surface area contributed by atoms with Gasteiger partial charge in [0.05, 0.1) is 6.10 Å². The van der Waals surface area contributed by atoms with Gasteiger partial charge in [0.15, 0.2) is 18.7 Å². The number of carbonyl (C=O) groups is 3. The second-order valence-electron chi connectivity index (χ2n) is 4.74. The Morgan fingerprint density at radius 1 is 0.708 bits per heavy atom. The Morgan fingerprint density at radius 2 is 1.04 bits per heavy atom. The molecule has 0 saturated carbocycles. The highest BCUT2D eigenvalue weighted by molar-refractivity contribution is 5.73. The summed E-state index contributed by atoms with van der Waals surface area (Å²) in [7, 11) is 0. The van der Waals surface area contributed by atoms with Gasteiger partial charge >= 0.3 is 5.97 Å². The number of aliphatic carboxylic acids is 1. The van der Waals surface area contributed by atoms with E-state index in [1.807, 2.05) is 0 Å². The molecule has 0 aromatic carbocycles. The first-order valence-corrected chi connectivity index (χ1v) is 6.50. The lowest BCUT2D eigenvalue weighted by Gasteiger charge is -2.21. The van der Waals surface area contributed by atoms with Crippen LogP contribution in [0.25, 0.3) is 0 Å². The molecule has 142 valence electrons. The van der Waals surface area contributed by atoms with Crippen LogP contribution in [0.2, 0.25) is 0 Å². The molecule has 0 unspecified atom stereocenters. The van der Waals surface area contributed by atoms with Crippen molar-refractivity contribution >= 4 is 18.5 Å². The average molecular weight is 358 g/mol. The summed E-state index contributed by atoms with van der Waals surface area (Å²) in [4.78, 5) is 29.8. The van der Waals surface area contributed by atoms with E-state index in [0.717, 1.165) is 0 Å². The van der Waals surface area contributed by atoms with Crippen molar-refractivity contribution in [3.63, 3.8) is 0 Å². The predicted molar refractivity (Wildman–Crippen MR) is 73.5 cm³/mol. The van der Waals surface area contributed by atoms with Crippen molar-refractivity contribution in [1.82, 2.24) is 0 Å². The van der Waals surface area contributed by atoms with Gasteiger partial charge in [0.1, 0.15) is 36.6 Å². The summed E-state index contributed by atoms with van der Waals surface area (Å²) < 4.78 is 0. The molecule has 0 aromatic rings. The predicted octanol–water partition coefficient (Wildman–Crippen LogP) is -5.64. The van der Waals surface area contributed by atoms with Gasteiger partial charge in [-0.3, -0.25) is 0 Å². The monoisotopic (exact) mass is 358 g/mol. The van der Waals surface area contributed by atoms with Crippen molar-refractivity contribution in [3.8, 4) is 0 Å². The summed E-state index contributed by atoms with van der Waals surface area (Å²) >= 11 is 0. The minimum Gasteiger partial charge on any atom is -0.479 e. The van der Waals surface area contributed by atoms with E-state index in [-0.39, 0.29) is 12.6 Å². The van der Waals surface area contributed by atoms with Gasteiger partial charge < -0.3 is 55.5 Å². The number of hydrogen-bond donors (Lipinski definition) is 9. The van der Waals surface area contributed by atoms with Crippen molar-refractivity contribution in [2.24, 2.45) is 0 Å².